The summed E-state index contributed by atoms with van der Waals surface area (Å²) in [6, 6.07) is 17.5. The lowest BCUT2D eigenvalue weighted by Crippen LogP contribution is -2.46. The van der Waals surface area contributed by atoms with Crippen molar-refractivity contribution in [3.8, 4) is 0 Å². The van der Waals surface area contributed by atoms with Crippen molar-refractivity contribution in [1.82, 2.24) is 4.90 Å². The van der Waals surface area contributed by atoms with Crippen LogP contribution >= 0.6 is 0 Å². The highest BCUT2D eigenvalue weighted by atomic mass is 16.6. The lowest BCUT2D eigenvalue weighted by atomic mass is 10.2. The zero-order valence-electron chi connectivity index (χ0n) is 14.3. The molecule has 2 aromatic carbocycles. The Morgan fingerprint density at radius 2 is 1.46 bits per heavy atom. The van der Waals surface area contributed by atoms with Crippen molar-refractivity contribution in [3.05, 3.63) is 71.8 Å². The molecule has 0 radical (unpaired) electrons. The lowest BCUT2D eigenvalue weighted by molar-refractivity contribution is -0.152. The summed E-state index contributed by atoms with van der Waals surface area (Å²) in [5, 5.41) is 10.1. The van der Waals surface area contributed by atoms with Crippen LogP contribution in [0.3, 0.4) is 0 Å². The largest absolute Gasteiger partial charge is 0.459 e. The van der Waals surface area contributed by atoms with E-state index in [1.165, 1.54) is 4.90 Å². The van der Waals surface area contributed by atoms with Gasteiger partial charge in [0.1, 0.15) is 13.2 Å². The Morgan fingerprint density at radius 1 is 0.923 bits per heavy atom. The number of aliphatic hydroxyl groups excluding tert-OH is 1. The highest BCUT2D eigenvalue weighted by molar-refractivity contribution is 5.82. The number of likely N-dealkylation sites (tertiary alicyclic amines) is 1. The molecule has 0 aliphatic carbocycles. The Balaban J connectivity index is 1.57. The fourth-order valence-electron chi connectivity index (χ4n) is 2.88. The smallest absolute Gasteiger partial charge is 0.410 e. The van der Waals surface area contributed by atoms with Crippen LogP contribution in [-0.4, -0.2) is 40.8 Å². The third-order valence-electron chi connectivity index (χ3n) is 4.27. The quantitative estimate of drug-likeness (QED) is 0.834. The van der Waals surface area contributed by atoms with Gasteiger partial charge in [-0.3, -0.25) is 4.90 Å². The first-order chi connectivity index (χ1) is 12.6. The summed E-state index contributed by atoms with van der Waals surface area (Å²) >= 11 is 0. The number of hydrogen-bond donors (Lipinski definition) is 1. The summed E-state index contributed by atoms with van der Waals surface area (Å²) < 4.78 is 10.5. The maximum Gasteiger partial charge on any atom is 0.410 e. The van der Waals surface area contributed by atoms with Crippen molar-refractivity contribution in [2.24, 2.45) is 0 Å². The molecule has 2 unspecified atom stereocenters. The van der Waals surface area contributed by atoms with Crippen molar-refractivity contribution in [2.45, 2.75) is 31.8 Å². The minimum Gasteiger partial charge on any atom is -0.459 e. The van der Waals surface area contributed by atoms with E-state index in [0.29, 0.717) is 6.42 Å². The zero-order valence-corrected chi connectivity index (χ0v) is 14.3. The third kappa shape index (κ3) is 4.40. The van der Waals surface area contributed by atoms with Gasteiger partial charge in [0, 0.05) is 6.54 Å². The first-order valence-corrected chi connectivity index (χ1v) is 8.51. The second-order valence-corrected chi connectivity index (χ2v) is 6.13. The molecule has 6 heteroatoms. The van der Waals surface area contributed by atoms with E-state index in [9.17, 15) is 14.7 Å². The summed E-state index contributed by atoms with van der Waals surface area (Å²) in [5.41, 5.74) is 1.69. The number of benzene rings is 2. The van der Waals surface area contributed by atoms with E-state index in [2.05, 4.69) is 0 Å². The molecule has 26 heavy (non-hydrogen) atoms. The van der Waals surface area contributed by atoms with Crippen LogP contribution in [0.25, 0.3) is 0 Å². The normalized spacial score (nSPS) is 19.2. The molecule has 1 saturated heterocycles. The molecule has 1 N–H and O–H groups in total. The summed E-state index contributed by atoms with van der Waals surface area (Å²) in [6.45, 7) is 0.452. The highest BCUT2D eigenvalue weighted by Gasteiger charge is 2.43. The van der Waals surface area contributed by atoms with Gasteiger partial charge in [-0.15, -0.1) is 0 Å². The molecule has 2 atom stereocenters. The van der Waals surface area contributed by atoms with Crippen LogP contribution in [0.2, 0.25) is 0 Å². The van der Waals surface area contributed by atoms with Gasteiger partial charge in [0.25, 0.3) is 0 Å². The van der Waals surface area contributed by atoms with Crippen LogP contribution in [-0.2, 0) is 27.5 Å². The van der Waals surface area contributed by atoms with E-state index in [1.54, 1.807) is 0 Å². The van der Waals surface area contributed by atoms with Gasteiger partial charge in [0.05, 0.1) is 6.10 Å². The highest BCUT2D eigenvalue weighted by Crippen LogP contribution is 2.21. The number of ether oxygens (including phenoxy) is 2. The second-order valence-electron chi connectivity index (χ2n) is 6.13. The number of esters is 1. The van der Waals surface area contributed by atoms with Gasteiger partial charge in [-0.25, -0.2) is 9.59 Å². The van der Waals surface area contributed by atoms with Crippen molar-refractivity contribution >= 4 is 12.1 Å². The standard InChI is InChI=1S/C20H21NO5/c22-17-11-12-21(20(24)26-14-16-9-5-2-6-10-16)18(17)19(23)25-13-15-7-3-1-4-8-15/h1-10,17-18,22H,11-14H2. The summed E-state index contributed by atoms with van der Waals surface area (Å²) in [6.07, 6.45) is -1.28. The first-order valence-electron chi connectivity index (χ1n) is 8.51. The van der Waals surface area contributed by atoms with Crippen molar-refractivity contribution < 1.29 is 24.2 Å². The maximum absolute atomic E-state index is 12.4. The number of amides is 1. The number of aliphatic hydroxyl groups is 1. The van der Waals surface area contributed by atoms with Gasteiger partial charge >= 0.3 is 12.1 Å². The fourth-order valence-corrected chi connectivity index (χ4v) is 2.88. The van der Waals surface area contributed by atoms with Gasteiger partial charge in [0.2, 0.25) is 0 Å². The predicted molar refractivity (Wildman–Crippen MR) is 94.0 cm³/mol. The summed E-state index contributed by atoms with van der Waals surface area (Å²) in [5.74, 6) is -0.629. The minimum absolute atomic E-state index is 0.0931. The molecule has 136 valence electrons. The average molecular weight is 355 g/mol. The van der Waals surface area contributed by atoms with Gasteiger partial charge in [-0.05, 0) is 17.5 Å². The van der Waals surface area contributed by atoms with Crippen LogP contribution in [0.1, 0.15) is 17.5 Å². The SMILES string of the molecule is O=C(OCc1ccccc1)C1C(O)CCN1C(=O)OCc1ccccc1. The van der Waals surface area contributed by atoms with E-state index >= 15 is 0 Å². The topological polar surface area (TPSA) is 76.1 Å². The number of hydrogen-bond acceptors (Lipinski definition) is 5. The Bertz CT molecular complexity index is 734. The first kappa shape index (κ1) is 17.9. The number of carbonyl (C=O) groups is 2. The van der Waals surface area contributed by atoms with E-state index in [-0.39, 0.29) is 19.8 Å². The molecule has 1 heterocycles. The van der Waals surface area contributed by atoms with Crippen molar-refractivity contribution in [2.75, 3.05) is 6.54 Å². The molecule has 2 aromatic rings. The Kier molecular flexibility index (Phi) is 5.86. The molecule has 6 nitrogen and oxygen atoms in total. The van der Waals surface area contributed by atoms with Gasteiger partial charge in [-0.1, -0.05) is 60.7 Å². The molecule has 1 amide bonds. The Labute approximate surface area is 152 Å². The van der Waals surface area contributed by atoms with Crippen molar-refractivity contribution in [1.29, 1.82) is 0 Å². The molecule has 0 saturated carbocycles. The zero-order chi connectivity index (χ0) is 18.4. The van der Waals surface area contributed by atoms with Gasteiger partial charge in [0.15, 0.2) is 6.04 Å². The van der Waals surface area contributed by atoms with Crippen LogP contribution in [0.5, 0.6) is 0 Å². The van der Waals surface area contributed by atoms with E-state index < -0.39 is 24.2 Å². The van der Waals surface area contributed by atoms with Crippen LogP contribution in [0.15, 0.2) is 60.7 Å². The molecular weight excluding hydrogens is 334 g/mol. The maximum atomic E-state index is 12.4. The van der Waals surface area contributed by atoms with Gasteiger partial charge in [-0.2, -0.15) is 0 Å². The monoisotopic (exact) mass is 355 g/mol. The second kappa shape index (κ2) is 8.49. The summed E-state index contributed by atoms with van der Waals surface area (Å²) in [4.78, 5) is 26.0. The fraction of sp³-hybridized carbons (Fsp3) is 0.300. The molecule has 0 aromatic heterocycles. The summed E-state index contributed by atoms with van der Waals surface area (Å²) in [7, 11) is 0. The minimum atomic E-state index is -1.04. The van der Waals surface area contributed by atoms with E-state index in [1.807, 2.05) is 60.7 Å². The van der Waals surface area contributed by atoms with Crippen LogP contribution in [0.4, 0.5) is 4.79 Å². The van der Waals surface area contributed by atoms with Crippen LogP contribution in [0, 0.1) is 0 Å². The number of nitrogens with zero attached hydrogens (tertiary/aromatic N) is 1. The number of rotatable bonds is 5. The Morgan fingerprint density at radius 3 is 2.04 bits per heavy atom. The molecule has 0 spiro atoms. The average Bonchev–Trinajstić information content (AvgIpc) is 3.07. The van der Waals surface area contributed by atoms with Crippen LogP contribution < -0.4 is 0 Å². The number of carbonyl (C=O) groups excluding carboxylic acids is 2. The third-order valence-corrected chi connectivity index (χ3v) is 4.27. The van der Waals surface area contributed by atoms with Gasteiger partial charge < -0.3 is 14.6 Å². The Hall–Kier alpha value is -2.86. The molecule has 3 rings (SSSR count). The van der Waals surface area contributed by atoms with E-state index in [4.69, 9.17) is 9.47 Å². The molecule has 0 bridgehead atoms. The van der Waals surface area contributed by atoms with Crippen molar-refractivity contribution in [3.63, 3.8) is 0 Å². The molecule has 1 aliphatic rings. The molecule has 1 aliphatic heterocycles. The molecular formula is C20H21NO5. The molecule has 1 fully saturated rings. The van der Waals surface area contributed by atoms with E-state index in [0.717, 1.165) is 11.1 Å². The lowest BCUT2D eigenvalue weighted by Gasteiger charge is -2.24. The predicted octanol–water partition coefficient (Wildman–Crippen LogP) is 2.50.